The number of H-pyrrole nitrogens is 2. The zero-order valence-electron chi connectivity index (χ0n) is 15.6. The Morgan fingerprint density at radius 3 is 2.15 bits per heavy atom. The molecule has 132 valence electrons. The number of nitrogens with one attached hydrogen (secondary N) is 2. The molecule has 3 aromatic carbocycles. The van der Waals surface area contributed by atoms with Crippen molar-refractivity contribution in [2.75, 3.05) is 0 Å². The van der Waals surface area contributed by atoms with Crippen molar-refractivity contribution < 1.29 is 0 Å². The summed E-state index contributed by atoms with van der Waals surface area (Å²) in [5, 5.41) is 3.85. The van der Waals surface area contributed by atoms with Crippen LogP contribution in [0.15, 0.2) is 66.7 Å². The van der Waals surface area contributed by atoms with Crippen molar-refractivity contribution in [3.63, 3.8) is 0 Å². The molecule has 2 heterocycles. The van der Waals surface area contributed by atoms with Gasteiger partial charge in [-0.3, -0.25) is 0 Å². The van der Waals surface area contributed by atoms with Gasteiger partial charge in [-0.2, -0.15) is 0 Å². The highest BCUT2D eigenvalue weighted by Gasteiger charge is 2.10. The third kappa shape index (κ3) is 2.48. The highest BCUT2D eigenvalue weighted by atomic mass is 14.7. The number of benzene rings is 3. The average Bonchev–Trinajstić information content (AvgIpc) is 3.25. The zero-order chi connectivity index (χ0) is 18.4. The zero-order valence-corrected chi connectivity index (χ0v) is 15.6. The van der Waals surface area contributed by atoms with E-state index in [0.717, 1.165) is 6.42 Å². The summed E-state index contributed by atoms with van der Waals surface area (Å²) in [5.74, 6) is 0. The normalized spacial score (nSPS) is 12.1. The van der Waals surface area contributed by atoms with E-state index in [1.54, 1.807) is 0 Å². The van der Waals surface area contributed by atoms with E-state index in [0.29, 0.717) is 0 Å². The van der Waals surface area contributed by atoms with Crippen molar-refractivity contribution >= 4 is 38.8 Å². The van der Waals surface area contributed by atoms with Crippen molar-refractivity contribution in [2.45, 2.75) is 20.3 Å². The van der Waals surface area contributed by atoms with Crippen LogP contribution in [0.1, 0.15) is 25.1 Å². The maximum absolute atomic E-state index is 3.57. The molecule has 0 aliphatic rings. The third-order valence-corrected chi connectivity index (χ3v) is 5.45. The lowest BCUT2D eigenvalue weighted by molar-refractivity contribution is 1.07. The van der Waals surface area contributed by atoms with Gasteiger partial charge in [-0.1, -0.05) is 49.4 Å². The Kier molecular flexibility index (Phi) is 3.64. The predicted molar refractivity (Wildman–Crippen MR) is 117 cm³/mol. The molecule has 2 heteroatoms. The molecule has 0 saturated carbocycles. The number of rotatable bonds is 3. The van der Waals surface area contributed by atoms with Crippen LogP contribution in [0.3, 0.4) is 0 Å². The number of hydrogen-bond donors (Lipinski definition) is 2. The number of aromatic nitrogens is 2. The maximum Gasteiger partial charge on any atom is 0.0465 e. The van der Waals surface area contributed by atoms with Crippen LogP contribution in [0.4, 0.5) is 0 Å². The summed E-state index contributed by atoms with van der Waals surface area (Å²) in [6, 6.07) is 21.9. The summed E-state index contributed by atoms with van der Waals surface area (Å²) in [5.41, 5.74) is 8.69. The highest BCUT2D eigenvalue weighted by molar-refractivity contribution is 6.08. The minimum absolute atomic E-state index is 1.00. The quantitative estimate of drug-likeness (QED) is 0.349. The van der Waals surface area contributed by atoms with Crippen LogP contribution in [0.5, 0.6) is 0 Å². The van der Waals surface area contributed by atoms with Crippen LogP contribution in [0.2, 0.25) is 0 Å². The molecule has 0 aliphatic heterocycles. The molecule has 0 aliphatic carbocycles. The molecule has 5 rings (SSSR count). The molecule has 2 N–H and O–H groups in total. The molecule has 0 radical (unpaired) electrons. The van der Waals surface area contributed by atoms with Crippen LogP contribution in [-0.4, -0.2) is 9.97 Å². The third-order valence-electron chi connectivity index (χ3n) is 5.45. The lowest BCUT2D eigenvalue weighted by Gasteiger charge is -2.04. The van der Waals surface area contributed by atoms with E-state index in [-0.39, 0.29) is 0 Å². The van der Waals surface area contributed by atoms with Gasteiger partial charge in [-0.15, -0.1) is 0 Å². The molecule has 0 unspecified atom stereocenters. The van der Waals surface area contributed by atoms with E-state index < -0.39 is 0 Å². The fourth-order valence-electron chi connectivity index (χ4n) is 4.11. The van der Waals surface area contributed by atoms with E-state index in [1.165, 1.54) is 55.1 Å². The lowest BCUT2D eigenvalue weighted by atomic mass is 9.99. The van der Waals surface area contributed by atoms with E-state index in [2.05, 4.69) is 96.6 Å². The van der Waals surface area contributed by atoms with Crippen molar-refractivity contribution in [3.05, 3.63) is 78.0 Å². The van der Waals surface area contributed by atoms with Gasteiger partial charge in [0, 0.05) is 44.0 Å². The highest BCUT2D eigenvalue weighted by Crippen LogP contribution is 2.33. The second-order valence-corrected chi connectivity index (χ2v) is 7.06. The summed E-state index contributed by atoms with van der Waals surface area (Å²) in [6.45, 7) is 4.27. The SMILES string of the molecule is C/C=C\c1c(CC)[nH]c2ccc(-c3ccc4[nH]c5ccccc5c4c3)cc12. The molecule has 0 bridgehead atoms. The molecule has 2 nitrogen and oxygen atoms in total. The van der Waals surface area contributed by atoms with Gasteiger partial charge in [0.25, 0.3) is 0 Å². The first-order chi connectivity index (χ1) is 13.3. The van der Waals surface area contributed by atoms with E-state index in [9.17, 15) is 0 Å². The minimum atomic E-state index is 1.00. The summed E-state index contributed by atoms with van der Waals surface area (Å²) in [6.07, 6.45) is 5.34. The minimum Gasteiger partial charge on any atom is -0.358 e. The van der Waals surface area contributed by atoms with E-state index in [4.69, 9.17) is 0 Å². The first-order valence-corrected chi connectivity index (χ1v) is 9.56. The topological polar surface area (TPSA) is 31.6 Å². The summed E-state index contributed by atoms with van der Waals surface area (Å²) < 4.78 is 0. The van der Waals surface area contributed by atoms with Crippen molar-refractivity contribution in [1.82, 2.24) is 9.97 Å². The first kappa shape index (κ1) is 16.0. The van der Waals surface area contributed by atoms with Crippen molar-refractivity contribution in [1.29, 1.82) is 0 Å². The first-order valence-electron chi connectivity index (χ1n) is 9.56. The Morgan fingerprint density at radius 2 is 1.41 bits per heavy atom. The monoisotopic (exact) mass is 350 g/mol. The van der Waals surface area contributed by atoms with Crippen LogP contribution >= 0.6 is 0 Å². The Morgan fingerprint density at radius 1 is 0.741 bits per heavy atom. The second kappa shape index (κ2) is 6.17. The lowest BCUT2D eigenvalue weighted by Crippen LogP contribution is -1.82. The Bertz CT molecular complexity index is 1310. The number of para-hydroxylation sites is 1. The number of aromatic amines is 2. The molecular weight excluding hydrogens is 328 g/mol. The summed E-state index contributed by atoms with van der Waals surface area (Å²) in [7, 11) is 0. The van der Waals surface area contributed by atoms with Crippen molar-refractivity contribution in [3.8, 4) is 11.1 Å². The van der Waals surface area contributed by atoms with Gasteiger partial charge in [-0.25, -0.2) is 0 Å². The molecular formula is C25H22N2. The van der Waals surface area contributed by atoms with Gasteiger partial charge in [0.1, 0.15) is 0 Å². The molecule has 27 heavy (non-hydrogen) atoms. The maximum atomic E-state index is 3.57. The van der Waals surface area contributed by atoms with Crippen LogP contribution in [-0.2, 0) is 6.42 Å². The van der Waals surface area contributed by atoms with Crippen LogP contribution < -0.4 is 0 Å². The number of allylic oxidation sites excluding steroid dienone is 1. The molecule has 2 aromatic heterocycles. The van der Waals surface area contributed by atoms with Crippen molar-refractivity contribution in [2.24, 2.45) is 0 Å². The van der Waals surface area contributed by atoms with Gasteiger partial charge < -0.3 is 9.97 Å². The molecule has 0 spiro atoms. The molecule has 5 aromatic rings. The largest absolute Gasteiger partial charge is 0.358 e. The summed E-state index contributed by atoms with van der Waals surface area (Å²) in [4.78, 5) is 7.08. The van der Waals surface area contributed by atoms with E-state index >= 15 is 0 Å². The molecule has 0 atom stereocenters. The van der Waals surface area contributed by atoms with Crippen LogP contribution in [0.25, 0.3) is 49.9 Å². The number of hydrogen-bond acceptors (Lipinski definition) is 0. The van der Waals surface area contributed by atoms with Gasteiger partial charge in [0.2, 0.25) is 0 Å². The smallest absolute Gasteiger partial charge is 0.0465 e. The fraction of sp³-hybridized carbons (Fsp3) is 0.120. The summed E-state index contributed by atoms with van der Waals surface area (Å²) >= 11 is 0. The predicted octanol–water partition coefficient (Wildman–Crippen LogP) is 7.06. The molecule has 0 saturated heterocycles. The second-order valence-electron chi connectivity index (χ2n) is 7.06. The van der Waals surface area contributed by atoms with Gasteiger partial charge in [0.15, 0.2) is 0 Å². The Balaban J connectivity index is 1.72. The van der Waals surface area contributed by atoms with Gasteiger partial charge in [-0.05, 0) is 54.8 Å². The number of aryl methyl sites for hydroxylation is 1. The van der Waals surface area contributed by atoms with Crippen LogP contribution in [0, 0.1) is 0 Å². The Labute approximate surface area is 158 Å². The Hall–Kier alpha value is -3.26. The number of fused-ring (bicyclic) bond motifs is 4. The average molecular weight is 350 g/mol. The fourth-order valence-corrected chi connectivity index (χ4v) is 4.11. The standard InChI is InChI=1S/C25H22N2/c1-3-7-18-20-14-16(10-12-24(20)26-22(18)4-2)17-11-13-25-21(15-17)19-8-5-6-9-23(19)27-25/h3,5-15,26-27H,4H2,1-2H3/b7-3-. The van der Waals surface area contributed by atoms with Gasteiger partial charge in [0.05, 0.1) is 0 Å². The van der Waals surface area contributed by atoms with Gasteiger partial charge >= 0.3 is 0 Å². The molecule has 0 amide bonds. The van der Waals surface area contributed by atoms with E-state index in [1.807, 2.05) is 0 Å². The molecule has 0 fully saturated rings.